The predicted octanol–water partition coefficient (Wildman–Crippen LogP) is 0.805. The lowest BCUT2D eigenvalue weighted by molar-refractivity contribution is -0.143. The first kappa shape index (κ1) is 26.6. The van der Waals surface area contributed by atoms with E-state index in [0.717, 1.165) is 32.5 Å². The molecule has 0 aliphatic heterocycles. The van der Waals surface area contributed by atoms with Gasteiger partial charge in [-0.25, -0.2) is 9.59 Å². The second-order valence-electron chi connectivity index (χ2n) is 7.94. The van der Waals surface area contributed by atoms with Gasteiger partial charge in [-0.2, -0.15) is 0 Å². The molecule has 166 valence electrons. The molecule has 0 aliphatic carbocycles. The quantitative estimate of drug-likeness (QED) is 0.314. The fourth-order valence-electron chi connectivity index (χ4n) is 2.84. The van der Waals surface area contributed by atoms with Crippen LogP contribution in [0.5, 0.6) is 0 Å². The van der Waals surface area contributed by atoms with Gasteiger partial charge in [-0.15, -0.1) is 0 Å². The Hall–Kier alpha value is -1.42. The summed E-state index contributed by atoms with van der Waals surface area (Å²) in [5, 5.41) is 9.71. The van der Waals surface area contributed by atoms with Gasteiger partial charge in [0.05, 0.1) is 0 Å². The normalized spacial score (nSPS) is 12.8. The number of carboxylic acids is 1. The van der Waals surface area contributed by atoms with Crippen molar-refractivity contribution >= 4 is 12.1 Å². The zero-order valence-electron chi connectivity index (χ0n) is 17.9. The topological polar surface area (TPSA) is 148 Å². The lowest BCUT2D eigenvalue weighted by Crippen LogP contribution is -2.48. The lowest BCUT2D eigenvalue weighted by Gasteiger charge is -2.32. The van der Waals surface area contributed by atoms with Gasteiger partial charge >= 0.3 is 12.1 Å². The molecule has 0 saturated carbocycles. The van der Waals surface area contributed by atoms with Crippen LogP contribution in [0.1, 0.15) is 52.9 Å². The number of carbonyl (C=O) groups excluding carboxylic acids is 1. The molecule has 28 heavy (non-hydrogen) atoms. The minimum atomic E-state index is -1.03. The summed E-state index contributed by atoms with van der Waals surface area (Å²) in [5.41, 5.74) is 16.1. The van der Waals surface area contributed by atoms with Crippen molar-refractivity contribution < 1.29 is 19.4 Å². The molecule has 1 amide bonds. The molecule has 9 nitrogen and oxygen atoms in total. The summed E-state index contributed by atoms with van der Waals surface area (Å²) in [6.45, 7) is 9.59. The van der Waals surface area contributed by atoms with Crippen LogP contribution in [0.25, 0.3) is 0 Å². The molecule has 0 rings (SSSR count). The summed E-state index contributed by atoms with van der Waals surface area (Å²) in [4.78, 5) is 28.0. The van der Waals surface area contributed by atoms with Gasteiger partial charge in [0.15, 0.2) is 0 Å². The number of ether oxygens (including phenoxy) is 1. The molecule has 1 unspecified atom stereocenters. The molecule has 1 atom stereocenters. The van der Waals surface area contributed by atoms with Crippen LogP contribution < -0.4 is 17.2 Å². The highest BCUT2D eigenvalue weighted by Gasteiger charge is 2.32. The van der Waals surface area contributed by atoms with E-state index < -0.39 is 23.7 Å². The zero-order chi connectivity index (χ0) is 21.6. The van der Waals surface area contributed by atoms with Gasteiger partial charge in [0.1, 0.15) is 11.6 Å². The van der Waals surface area contributed by atoms with Crippen molar-refractivity contribution in [2.45, 2.75) is 64.5 Å². The van der Waals surface area contributed by atoms with E-state index in [-0.39, 0.29) is 6.54 Å². The fourth-order valence-corrected chi connectivity index (χ4v) is 2.84. The highest BCUT2D eigenvalue weighted by Crippen LogP contribution is 2.16. The van der Waals surface area contributed by atoms with Crippen LogP contribution in [-0.4, -0.2) is 84.4 Å². The Morgan fingerprint density at radius 3 is 1.79 bits per heavy atom. The summed E-state index contributed by atoms with van der Waals surface area (Å²) < 4.78 is 5.41. The van der Waals surface area contributed by atoms with E-state index >= 15 is 0 Å². The lowest BCUT2D eigenvalue weighted by atomic mass is 10.1. The van der Waals surface area contributed by atoms with Gasteiger partial charge in [0, 0.05) is 6.54 Å². The van der Waals surface area contributed by atoms with Gasteiger partial charge in [0.2, 0.25) is 0 Å². The first-order valence-electron chi connectivity index (χ1n) is 10.2. The summed E-state index contributed by atoms with van der Waals surface area (Å²) >= 11 is 0. The summed E-state index contributed by atoms with van der Waals surface area (Å²) in [6.07, 6.45) is 2.66. The Kier molecular flexibility index (Phi) is 13.8. The van der Waals surface area contributed by atoms with Gasteiger partial charge < -0.3 is 31.9 Å². The number of hydrogen-bond donors (Lipinski definition) is 4. The van der Waals surface area contributed by atoms with Crippen molar-refractivity contribution in [3.05, 3.63) is 0 Å². The van der Waals surface area contributed by atoms with Crippen molar-refractivity contribution in [2.24, 2.45) is 17.2 Å². The van der Waals surface area contributed by atoms with E-state index in [0.29, 0.717) is 38.9 Å². The van der Waals surface area contributed by atoms with Crippen LogP contribution >= 0.6 is 0 Å². The minimum absolute atomic E-state index is 0.256. The first-order valence-corrected chi connectivity index (χ1v) is 10.2. The summed E-state index contributed by atoms with van der Waals surface area (Å²) in [6, 6.07) is -0.938. The number of carboxylic acid groups (broad SMARTS) is 1. The smallest absolute Gasteiger partial charge is 0.411 e. The Labute approximate surface area is 169 Å². The zero-order valence-corrected chi connectivity index (χ0v) is 17.9. The number of nitrogens with two attached hydrogens (primary N) is 3. The van der Waals surface area contributed by atoms with Crippen molar-refractivity contribution in [3.63, 3.8) is 0 Å². The van der Waals surface area contributed by atoms with Crippen molar-refractivity contribution in [1.29, 1.82) is 0 Å². The van der Waals surface area contributed by atoms with E-state index in [1.165, 1.54) is 4.90 Å². The van der Waals surface area contributed by atoms with Crippen LogP contribution in [0.4, 0.5) is 4.79 Å². The Morgan fingerprint density at radius 2 is 1.36 bits per heavy atom. The number of carbonyl (C=O) groups is 2. The highest BCUT2D eigenvalue weighted by molar-refractivity contribution is 5.80. The third-order valence-corrected chi connectivity index (χ3v) is 4.20. The predicted molar refractivity (Wildman–Crippen MR) is 111 cm³/mol. The largest absolute Gasteiger partial charge is 0.480 e. The Balaban J connectivity index is 4.98. The number of hydrogen-bond acceptors (Lipinski definition) is 7. The maximum atomic E-state index is 12.6. The second kappa shape index (κ2) is 14.6. The van der Waals surface area contributed by atoms with Crippen LogP contribution in [0.2, 0.25) is 0 Å². The average Bonchev–Trinajstić information content (AvgIpc) is 2.60. The molecule has 0 spiro atoms. The van der Waals surface area contributed by atoms with E-state index in [2.05, 4.69) is 4.90 Å². The van der Waals surface area contributed by atoms with Gasteiger partial charge in [-0.05, 0) is 92.1 Å². The van der Waals surface area contributed by atoms with Crippen LogP contribution in [0.3, 0.4) is 0 Å². The second-order valence-corrected chi connectivity index (χ2v) is 7.94. The average molecular weight is 404 g/mol. The molecule has 0 aromatic rings. The maximum Gasteiger partial charge on any atom is 0.411 e. The summed E-state index contributed by atoms with van der Waals surface area (Å²) in [7, 11) is 0. The molecule has 0 saturated heterocycles. The molecular weight excluding hydrogens is 362 g/mol. The van der Waals surface area contributed by atoms with E-state index in [9.17, 15) is 14.7 Å². The number of nitrogens with zero attached hydrogens (tertiary/aromatic N) is 2. The standard InChI is InChI=1S/C19H41N5O4/c1-19(2,3)28-18(27)24(15-7-11-22)16(17(25)26)8-4-12-23(13-5-9-20)14-6-10-21/h16H,4-15,20-22H2,1-3H3,(H,25,26). The fraction of sp³-hybridized carbons (Fsp3) is 0.895. The number of amides is 1. The molecule has 0 aromatic carbocycles. The third kappa shape index (κ3) is 12.1. The monoisotopic (exact) mass is 403 g/mol. The maximum absolute atomic E-state index is 12.6. The first-order chi connectivity index (χ1) is 13.2. The highest BCUT2D eigenvalue weighted by atomic mass is 16.6. The molecule has 9 heteroatoms. The van der Waals surface area contributed by atoms with E-state index in [4.69, 9.17) is 21.9 Å². The molecule has 0 radical (unpaired) electrons. The molecule has 0 fully saturated rings. The molecule has 7 N–H and O–H groups in total. The molecule has 0 heterocycles. The Morgan fingerprint density at radius 1 is 0.893 bits per heavy atom. The molecule has 0 aliphatic rings. The number of rotatable bonds is 15. The van der Waals surface area contributed by atoms with E-state index in [1.54, 1.807) is 20.8 Å². The van der Waals surface area contributed by atoms with Crippen LogP contribution in [-0.2, 0) is 9.53 Å². The van der Waals surface area contributed by atoms with Gasteiger partial charge in [0.25, 0.3) is 0 Å². The minimum Gasteiger partial charge on any atom is -0.480 e. The van der Waals surface area contributed by atoms with Gasteiger partial charge in [-0.3, -0.25) is 4.90 Å². The SMILES string of the molecule is CC(C)(C)OC(=O)N(CCCN)C(CCCN(CCCN)CCCN)C(=O)O. The van der Waals surface area contributed by atoms with Crippen LogP contribution in [0, 0.1) is 0 Å². The van der Waals surface area contributed by atoms with Crippen molar-refractivity contribution in [3.8, 4) is 0 Å². The Bertz CT molecular complexity index is 435. The molecular formula is C19H41N5O4. The number of aliphatic carboxylic acids is 1. The molecule has 0 bridgehead atoms. The van der Waals surface area contributed by atoms with Crippen LogP contribution in [0.15, 0.2) is 0 Å². The van der Waals surface area contributed by atoms with Crippen molar-refractivity contribution in [1.82, 2.24) is 9.80 Å². The van der Waals surface area contributed by atoms with Gasteiger partial charge in [-0.1, -0.05) is 0 Å². The molecule has 0 aromatic heterocycles. The van der Waals surface area contributed by atoms with Crippen molar-refractivity contribution in [2.75, 3.05) is 45.8 Å². The summed E-state index contributed by atoms with van der Waals surface area (Å²) in [5.74, 6) is -1.03. The third-order valence-electron chi connectivity index (χ3n) is 4.20. The van der Waals surface area contributed by atoms with E-state index in [1.807, 2.05) is 0 Å².